The quantitative estimate of drug-likeness (QED) is 0.367. The Balaban J connectivity index is 2.29. The Morgan fingerprint density at radius 2 is 1.13 bits per heavy atom. The van der Waals surface area contributed by atoms with Gasteiger partial charge in [-0.25, -0.2) is 4.74 Å². The van der Waals surface area contributed by atoms with E-state index >= 15 is 0 Å². The molecule has 0 bridgehead atoms. The molecular weight excluding hydrogens is 444 g/mol. The minimum Gasteiger partial charge on any atom is -0.247 e. The van der Waals surface area contributed by atoms with Crippen LogP contribution < -0.4 is 0 Å². The van der Waals surface area contributed by atoms with E-state index in [-0.39, 0.29) is 0 Å². The van der Waals surface area contributed by atoms with Crippen molar-refractivity contribution in [3.8, 4) is 0 Å². The van der Waals surface area contributed by atoms with Crippen LogP contribution in [0.15, 0.2) is 48.5 Å². The highest BCUT2D eigenvalue weighted by molar-refractivity contribution is 9.08. The van der Waals surface area contributed by atoms with Crippen LogP contribution in [0.1, 0.15) is 22.3 Å². The molecular formula is C16H12Br2F4O. The van der Waals surface area contributed by atoms with Crippen molar-refractivity contribution >= 4 is 31.9 Å². The molecule has 0 aliphatic carbocycles. The molecule has 0 fully saturated rings. The van der Waals surface area contributed by atoms with Gasteiger partial charge in [-0.05, 0) is 23.3 Å². The predicted molar refractivity (Wildman–Crippen MR) is 87.0 cm³/mol. The first-order valence-corrected chi connectivity index (χ1v) is 8.79. The molecule has 23 heavy (non-hydrogen) atoms. The first kappa shape index (κ1) is 18.4. The third-order valence-corrected chi connectivity index (χ3v) is 4.39. The minimum absolute atomic E-state index is 0.334. The van der Waals surface area contributed by atoms with Gasteiger partial charge in [-0.3, -0.25) is 0 Å². The van der Waals surface area contributed by atoms with Crippen molar-refractivity contribution in [3.05, 3.63) is 70.8 Å². The van der Waals surface area contributed by atoms with Gasteiger partial charge < -0.3 is 0 Å². The molecule has 0 spiro atoms. The average molecular weight is 456 g/mol. The number of hydrogen-bond donors (Lipinski definition) is 0. The Kier molecular flexibility index (Phi) is 5.86. The van der Waals surface area contributed by atoms with Crippen molar-refractivity contribution in [2.24, 2.45) is 0 Å². The van der Waals surface area contributed by atoms with E-state index in [1.807, 2.05) is 0 Å². The molecule has 0 saturated carbocycles. The van der Waals surface area contributed by atoms with Crippen LogP contribution in [0.25, 0.3) is 0 Å². The largest absolute Gasteiger partial charge is 0.388 e. The van der Waals surface area contributed by atoms with Crippen LogP contribution in [0.2, 0.25) is 0 Å². The molecule has 0 amide bonds. The summed E-state index contributed by atoms with van der Waals surface area (Å²) < 4.78 is 60.3. The molecule has 0 aliphatic heterocycles. The maximum absolute atomic E-state index is 14.1. The van der Waals surface area contributed by atoms with Crippen LogP contribution in [-0.4, -0.2) is 0 Å². The Labute approximate surface area is 147 Å². The molecule has 124 valence electrons. The van der Waals surface area contributed by atoms with Crippen LogP contribution in [0.5, 0.6) is 0 Å². The summed E-state index contributed by atoms with van der Waals surface area (Å²) in [6, 6.07) is 10.3. The van der Waals surface area contributed by atoms with Gasteiger partial charge in [0.25, 0.3) is 0 Å². The lowest BCUT2D eigenvalue weighted by atomic mass is 10.1. The van der Waals surface area contributed by atoms with E-state index in [9.17, 15) is 17.6 Å². The summed E-state index contributed by atoms with van der Waals surface area (Å²) in [7, 11) is 0. The smallest absolute Gasteiger partial charge is 0.247 e. The van der Waals surface area contributed by atoms with E-state index in [1.54, 1.807) is 12.1 Å². The van der Waals surface area contributed by atoms with Crippen LogP contribution >= 0.6 is 31.9 Å². The molecule has 2 aromatic rings. The molecule has 0 N–H and O–H groups in total. The van der Waals surface area contributed by atoms with Crippen molar-refractivity contribution in [3.63, 3.8) is 0 Å². The number of hydrogen-bond acceptors (Lipinski definition) is 1. The highest BCUT2D eigenvalue weighted by Gasteiger charge is 2.46. The van der Waals surface area contributed by atoms with Gasteiger partial charge in [0, 0.05) is 10.7 Å². The zero-order valence-electron chi connectivity index (χ0n) is 11.7. The number of benzene rings is 2. The Hall–Kier alpha value is -0.920. The van der Waals surface area contributed by atoms with Gasteiger partial charge in [0.2, 0.25) is 0 Å². The number of ether oxygens (including phenoxy) is 1. The van der Waals surface area contributed by atoms with Crippen molar-refractivity contribution in [2.45, 2.75) is 22.9 Å². The monoisotopic (exact) mass is 454 g/mol. The lowest BCUT2D eigenvalue weighted by Gasteiger charge is -2.24. The Morgan fingerprint density at radius 3 is 1.48 bits per heavy atom. The van der Waals surface area contributed by atoms with E-state index in [0.29, 0.717) is 21.8 Å². The van der Waals surface area contributed by atoms with Crippen LogP contribution in [-0.2, 0) is 27.6 Å². The SMILES string of the molecule is FC(F)(OC(F)(F)c1cccc(CBr)c1)c1cccc(CBr)c1. The first-order chi connectivity index (χ1) is 10.8. The molecule has 0 heterocycles. The molecule has 2 aromatic carbocycles. The molecule has 0 aromatic heterocycles. The van der Waals surface area contributed by atoms with Crippen molar-refractivity contribution in [1.29, 1.82) is 0 Å². The highest BCUT2D eigenvalue weighted by atomic mass is 79.9. The molecule has 0 unspecified atom stereocenters. The fraction of sp³-hybridized carbons (Fsp3) is 0.250. The third-order valence-electron chi connectivity index (χ3n) is 3.09. The highest BCUT2D eigenvalue weighted by Crippen LogP contribution is 2.41. The lowest BCUT2D eigenvalue weighted by molar-refractivity contribution is -0.391. The third kappa shape index (κ3) is 4.55. The van der Waals surface area contributed by atoms with Gasteiger partial charge in [-0.1, -0.05) is 68.3 Å². The maximum Gasteiger partial charge on any atom is 0.388 e. The standard InChI is InChI=1S/C16H12Br2F4O/c17-9-11-3-1-5-13(7-11)15(19,20)23-16(21,22)14-6-2-4-12(8-14)10-18/h1-8H,9-10H2. The summed E-state index contributed by atoms with van der Waals surface area (Å²) in [5.41, 5.74) is -0.165. The summed E-state index contributed by atoms with van der Waals surface area (Å²) in [6.45, 7) is 0. The zero-order valence-corrected chi connectivity index (χ0v) is 14.9. The number of alkyl halides is 6. The Bertz CT molecular complexity index is 619. The Morgan fingerprint density at radius 1 is 0.739 bits per heavy atom. The van der Waals surface area contributed by atoms with Crippen molar-refractivity contribution < 1.29 is 22.3 Å². The van der Waals surface area contributed by atoms with Crippen LogP contribution in [0.4, 0.5) is 17.6 Å². The van der Waals surface area contributed by atoms with Crippen LogP contribution in [0, 0.1) is 0 Å². The minimum atomic E-state index is -4.12. The molecule has 0 atom stereocenters. The molecule has 0 radical (unpaired) electrons. The topological polar surface area (TPSA) is 9.23 Å². The van der Waals surface area contributed by atoms with Gasteiger partial charge in [-0.15, -0.1) is 0 Å². The van der Waals surface area contributed by atoms with Crippen molar-refractivity contribution in [2.75, 3.05) is 0 Å². The van der Waals surface area contributed by atoms with Gasteiger partial charge in [-0.2, -0.15) is 17.6 Å². The second-order valence-corrected chi connectivity index (χ2v) is 5.93. The zero-order chi connectivity index (χ0) is 17.1. The summed E-state index contributed by atoms with van der Waals surface area (Å²) >= 11 is 6.27. The van der Waals surface area contributed by atoms with Gasteiger partial charge in [0.15, 0.2) is 0 Å². The van der Waals surface area contributed by atoms with Gasteiger partial charge in [0.1, 0.15) is 0 Å². The van der Waals surface area contributed by atoms with E-state index in [0.717, 1.165) is 24.3 Å². The van der Waals surface area contributed by atoms with Crippen molar-refractivity contribution in [1.82, 2.24) is 0 Å². The predicted octanol–water partition coefficient (Wildman–Crippen LogP) is 6.29. The fourth-order valence-electron chi connectivity index (χ4n) is 1.95. The van der Waals surface area contributed by atoms with Gasteiger partial charge in [0.05, 0.1) is 11.1 Å². The van der Waals surface area contributed by atoms with E-state index in [1.165, 1.54) is 12.1 Å². The summed E-state index contributed by atoms with van der Waals surface area (Å²) in [5, 5.41) is 0.668. The fourth-order valence-corrected chi connectivity index (χ4v) is 2.65. The van der Waals surface area contributed by atoms with Gasteiger partial charge >= 0.3 is 12.2 Å². The maximum atomic E-state index is 14.1. The molecule has 1 nitrogen and oxygen atoms in total. The first-order valence-electron chi connectivity index (χ1n) is 6.55. The summed E-state index contributed by atoms with van der Waals surface area (Å²) in [5.74, 6) is 0. The van der Waals surface area contributed by atoms with E-state index < -0.39 is 23.3 Å². The number of halogens is 6. The van der Waals surface area contributed by atoms with E-state index in [2.05, 4.69) is 36.6 Å². The number of rotatable bonds is 6. The average Bonchev–Trinajstić information content (AvgIpc) is 2.54. The van der Waals surface area contributed by atoms with Crippen LogP contribution in [0.3, 0.4) is 0 Å². The van der Waals surface area contributed by atoms with E-state index in [4.69, 9.17) is 0 Å². The lowest BCUT2D eigenvalue weighted by Crippen LogP contribution is -2.29. The summed E-state index contributed by atoms with van der Waals surface area (Å²) in [6.07, 6.45) is -8.24. The molecule has 7 heteroatoms. The summed E-state index contributed by atoms with van der Waals surface area (Å²) in [4.78, 5) is 0. The second kappa shape index (κ2) is 7.32. The normalized spacial score (nSPS) is 12.4. The molecule has 0 saturated heterocycles. The molecule has 0 aliphatic rings. The molecule has 2 rings (SSSR count). The second-order valence-electron chi connectivity index (χ2n) is 4.80.